The number of halogens is 2. The van der Waals surface area contributed by atoms with Crippen LogP contribution >= 0.6 is 23.2 Å². The number of hydrogen-bond donors (Lipinski definition) is 0. The SMILES string of the molecule is Cc1ccc(S(=O)(=O)n2ccc3c(OC(C)C#N)cc(Cl)c(Cl)c32)cc1. The molecule has 1 atom stereocenters. The van der Waals surface area contributed by atoms with Gasteiger partial charge in [-0.25, -0.2) is 12.4 Å². The molecular formula is C18H14Cl2N2O3S. The summed E-state index contributed by atoms with van der Waals surface area (Å²) in [5.41, 5.74) is 1.16. The summed E-state index contributed by atoms with van der Waals surface area (Å²) in [7, 11) is -3.88. The van der Waals surface area contributed by atoms with E-state index in [1.54, 1.807) is 25.1 Å². The van der Waals surface area contributed by atoms with Crippen molar-refractivity contribution in [3.63, 3.8) is 0 Å². The van der Waals surface area contributed by atoms with E-state index in [4.69, 9.17) is 33.2 Å². The number of fused-ring (bicyclic) bond motifs is 1. The van der Waals surface area contributed by atoms with Crippen molar-refractivity contribution in [2.45, 2.75) is 24.8 Å². The molecule has 0 amide bonds. The Hall–Kier alpha value is -2.20. The van der Waals surface area contributed by atoms with Crippen molar-refractivity contribution in [2.75, 3.05) is 0 Å². The van der Waals surface area contributed by atoms with E-state index in [0.717, 1.165) is 9.54 Å². The van der Waals surface area contributed by atoms with Crippen LogP contribution in [-0.4, -0.2) is 18.5 Å². The normalized spacial score (nSPS) is 12.7. The van der Waals surface area contributed by atoms with Gasteiger partial charge in [0.15, 0.2) is 6.10 Å². The number of aryl methyl sites for hydroxylation is 1. The van der Waals surface area contributed by atoms with Crippen LogP contribution in [0.1, 0.15) is 12.5 Å². The molecule has 8 heteroatoms. The van der Waals surface area contributed by atoms with Gasteiger partial charge in [-0.1, -0.05) is 40.9 Å². The molecule has 134 valence electrons. The second kappa shape index (κ2) is 6.84. The molecule has 0 radical (unpaired) electrons. The van der Waals surface area contributed by atoms with E-state index < -0.39 is 16.1 Å². The van der Waals surface area contributed by atoms with Gasteiger partial charge in [0, 0.05) is 17.6 Å². The molecule has 3 rings (SSSR count). The third-order valence-corrected chi connectivity index (χ3v) is 6.32. The third kappa shape index (κ3) is 3.14. The molecule has 0 aliphatic carbocycles. The molecule has 2 aromatic carbocycles. The lowest BCUT2D eigenvalue weighted by atomic mass is 10.2. The van der Waals surface area contributed by atoms with Crippen LogP contribution < -0.4 is 4.74 Å². The minimum absolute atomic E-state index is 0.0966. The maximum Gasteiger partial charge on any atom is 0.268 e. The number of nitriles is 1. The molecule has 1 aromatic heterocycles. The Labute approximate surface area is 161 Å². The highest BCUT2D eigenvalue weighted by atomic mass is 35.5. The molecule has 3 aromatic rings. The molecule has 1 unspecified atom stereocenters. The van der Waals surface area contributed by atoms with Gasteiger partial charge in [0.05, 0.1) is 20.5 Å². The minimum Gasteiger partial charge on any atom is -0.475 e. The monoisotopic (exact) mass is 408 g/mol. The summed E-state index contributed by atoms with van der Waals surface area (Å²) in [5, 5.41) is 9.65. The lowest BCUT2D eigenvalue weighted by Gasteiger charge is -2.13. The number of hydrogen-bond acceptors (Lipinski definition) is 4. The number of rotatable bonds is 4. The Balaban J connectivity index is 2.25. The average Bonchev–Trinajstić information content (AvgIpc) is 3.06. The Kier molecular flexibility index (Phi) is 4.89. The zero-order chi connectivity index (χ0) is 19.1. The zero-order valence-electron chi connectivity index (χ0n) is 13.9. The summed E-state index contributed by atoms with van der Waals surface area (Å²) < 4.78 is 32.7. The van der Waals surface area contributed by atoms with Crippen molar-refractivity contribution in [1.82, 2.24) is 3.97 Å². The molecule has 26 heavy (non-hydrogen) atoms. The molecule has 5 nitrogen and oxygen atoms in total. The summed E-state index contributed by atoms with van der Waals surface area (Å²) in [6.07, 6.45) is 0.666. The molecule has 0 saturated carbocycles. The van der Waals surface area contributed by atoms with E-state index in [-0.39, 0.29) is 20.5 Å². The van der Waals surface area contributed by atoms with Crippen molar-refractivity contribution in [3.8, 4) is 11.8 Å². The van der Waals surface area contributed by atoms with Crippen LogP contribution in [0.25, 0.3) is 10.9 Å². The topological polar surface area (TPSA) is 72.1 Å². The lowest BCUT2D eigenvalue weighted by molar-refractivity contribution is 0.280. The zero-order valence-corrected chi connectivity index (χ0v) is 16.2. The van der Waals surface area contributed by atoms with Crippen LogP contribution in [0.4, 0.5) is 0 Å². The Morgan fingerprint density at radius 1 is 1.19 bits per heavy atom. The minimum atomic E-state index is -3.88. The molecule has 0 N–H and O–H groups in total. The molecular weight excluding hydrogens is 395 g/mol. The molecule has 0 aliphatic rings. The quantitative estimate of drug-likeness (QED) is 0.622. The number of benzene rings is 2. The van der Waals surface area contributed by atoms with E-state index in [1.165, 1.54) is 24.4 Å². The van der Waals surface area contributed by atoms with Gasteiger partial charge in [0.1, 0.15) is 11.8 Å². The molecule has 0 spiro atoms. The largest absolute Gasteiger partial charge is 0.475 e. The first-order valence-corrected chi connectivity index (χ1v) is 9.83. The number of ether oxygens (including phenoxy) is 1. The molecule has 0 fully saturated rings. The standard InChI is InChI=1S/C18H14Cl2N2O3S/c1-11-3-5-13(6-4-11)26(23,24)22-8-7-14-16(25-12(2)10-21)9-15(19)17(20)18(14)22/h3-9,12H,1-2H3. The van der Waals surface area contributed by atoms with Gasteiger partial charge in [-0.3, -0.25) is 0 Å². The smallest absolute Gasteiger partial charge is 0.268 e. The maximum atomic E-state index is 13.0. The molecule has 1 heterocycles. The predicted octanol–water partition coefficient (Wildman–Crippen LogP) is 4.78. The highest BCUT2D eigenvalue weighted by molar-refractivity contribution is 7.90. The summed E-state index contributed by atoms with van der Waals surface area (Å²) in [6.45, 7) is 3.45. The van der Waals surface area contributed by atoms with Gasteiger partial charge in [-0.15, -0.1) is 0 Å². The fourth-order valence-electron chi connectivity index (χ4n) is 2.54. The summed E-state index contributed by atoms with van der Waals surface area (Å²) in [5.74, 6) is 0.293. The average molecular weight is 409 g/mol. The molecule has 0 saturated heterocycles. The van der Waals surface area contributed by atoms with Crippen molar-refractivity contribution < 1.29 is 13.2 Å². The van der Waals surface area contributed by atoms with E-state index in [9.17, 15) is 8.42 Å². The van der Waals surface area contributed by atoms with E-state index in [2.05, 4.69) is 0 Å². The Bertz CT molecular complexity index is 1130. The van der Waals surface area contributed by atoms with E-state index in [1.807, 2.05) is 13.0 Å². The van der Waals surface area contributed by atoms with Crippen LogP contribution in [0.3, 0.4) is 0 Å². The van der Waals surface area contributed by atoms with E-state index in [0.29, 0.717) is 11.1 Å². The van der Waals surface area contributed by atoms with Crippen molar-refractivity contribution in [2.24, 2.45) is 0 Å². The van der Waals surface area contributed by atoms with Crippen molar-refractivity contribution in [3.05, 3.63) is 58.2 Å². The van der Waals surface area contributed by atoms with Crippen LogP contribution in [0, 0.1) is 18.3 Å². The van der Waals surface area contributed by atoms with Gasteiger partial charge < -0.3 is 4.74 Å². The second-order valence-corrected chi connectivity index (χ2v) is 8.35. The van der Waals surface area contributed by atoms with Crippen LogP contribution in [0.2, 0.25) is 10.0 Å². The van der Waals surface area contributed by atoms with Crippen molar-refractivity contribution >= 4 is 44.1 Å². The first kappa shape index (κ1) is 18.6. The van der Waals surface area contributed by atoms with Crippen LogP contribution in [0.15, 0.2) is 47.5 Å². The molecule has 0 bridgehead atoms. The first-order chi connectivity index (χ1) is 12.3. The predicted molar refractivity (Wildman–Crippen MR) is 101 cm³/mol. The fourth-order valence-corrected chi connectivity index (χ4v) is 4.38. The molecule has 0 aliphatic heterocycles. The van der Waals surface area contributed by atoms with Gasteiger partial charge in [0.2, 0.25) is 0 Å². The number of aromatic nitrogens is 1. The first-order valence-electron chi connectivity index (χ1n) is 7.63. The van der Waals surface area contributed by atoms with Crippen molar-refractivity contribution in [1.29, 1.82) is 5.26 Å². The highest BCUT2D eigenvalue weighted by Crippen LogP contribution is 2.39. The summed E-state index contributed by atoms with van der Waals surface area (Å²) in [4.78, 5) is 0.129. The Morgan fingerprint density at radius 3 is 2.46 bits per heavy atom. The number of nitrogens with zero attached hydrogens (tertiary/aromatic N) is 2. The third-order valence-electron chi connectivity index (χ3n) is 3.86. The van der Waals surface area contributed by atoms with Gasteiger partial charge >= 0.3 is 0 Å². The van der Waals surface area contributed by atoms with E-state index >= 15 is 0 Å². The van der Waals surface area contributed by atoms with Gasteiger partial charge in [-0.2, -0.15) is 5.26 Å². The summed E-state index contributed by atoms with van der Waals surface area (Å²) in [6, 6.07) is 11.5. The summed E-state index contributed by atoms with van der Waals surface area (Å²) >= 11 is 12.5. The van der Waals surface area contributed by atoms with Gasteiger partial charge in [0.25, 0.3) is 10.0 Å². The van der Waals surface area contributed by atoms with Crippen LogP contribution in [-0.2, 0) is 10.0 Å². The highest BCUT2D eigenvalue weighted by Gasteiger charge is 2.23. The van der Waals surface area contributed by atoms with Crippen LogP contribution in [0.5, 0.6) is 5.75 Å². The maximum absolute atomic E-state index is 13.0. The fraction of sp³-hybridized carbons (Fsp3) is 0.167. The van der Waals surface area contributed by atoms with Gasteiger partial charge in [-0.05, 0) is 32.0 Å². The lowest BCUT2D eigenvalue weighted by Crippen LogP contribution is -2.12. The Morgan fingerprint density at radius 2 is 1.85 bits per heavy atom. The second-order valence-electron chi connectivity index (χ2n) is 5.75.